The van der Waals surface area contributed by atoms with Gasteiger partial charge in [-0.15, -0.1) is 0 Å². The molecule has 2 N–H and O–H groups in total. The van der Waals surface area contributed by atoms with Gasteiger partial charge < -0.3 is 20.1 Å². The van der Waals surface area contributed by atoms with E-state index in [9.17, 15) is 17.2 Å². The minimum absolute atomic E-state index is 0.126. The van der Waals surface area contributed by atoms with E-state index in [1.807, 2.05) is 0 Å². The van der Waals surface area contributed by atoms with Gasteiger partial charge in [-0.2, -0.15) is 4.98 Å². The van der Waals surface area contributed by atoms with Crippen molar-refractivity contribution < 1.29 is 26.7 Å². The van der Waals surface area contributed by atoms with Gasteiger partial charge in [0.1, 0.15) is 22.4 Å². The highest BCUT2D eigenvalue weighted by atomic mass is 32.2. The number of benzene rings is 1. The molecule has 4 rings (SSSR count). The third-order valence-electron chi connectivity index (χ3n) is 5.65. The molecule has 0 amide bonds. The third kappa shape index (κ3) is 3.41. The zero-order valence-electron chi connectivity index (χ0n) is 17.6. The standard InChI is InChI=1S/C19H22F2N6O4S/c1-26-17(22)25-19(13-6-11(20)4-5-14(13)21)10-27(8-15(19)32(26,28)29)18-23-12(9-30-2)7-16(24-18)31-3/h4-7,15H,8-10H2,1-3H3,(H2,22,25)/t15-,19-/m1/s1. The van der Waals surface area contributed by atoms with Crippen molar-refractivity contribution in [3.8, 4) is 5.88 Å². The van der Waals surface area contributed by atoms with Gasteiger partial charge in [0, 0.05) is 32.3 Å². The SMILES string of the molecule is COCc1cc(OC)nc(N2C[C@@H]3[C@](c4cc(F)ccc4F)(C2)N=C(N)N(C)S3(=O)=O)n1. The van der Waals surface area contributed by atoms with Crippen molar-refractivity contribution in [1.29, 1.82) is 0 Å². The van der Waals surface area contributed by atoms with Crippen LogP contribution >= 0.6 is 0 Å². The minimum Gasteiger partial charge on any atom is -0.481 e. The Morgan fingerprint density at radius 2 is 2.00 bits per heavy atom. The van der Waals surface area contributed by atoms with Crippen LogP contribution in [0.3, 0.4) is 0 Å². The molecule has 1 aromatic carbocycles. The predicted molar refractivity (Wildman–Crippen MR) is 112 cm³/mol. The van der Waals surface area contributed by atoms with Crippen molar-refractivity contribution >= 4 is 21.9 Å². The van der Waals surface area contributed by atoms with Gasteiger partial charge in [-0.3, -0.25) is 0 Å². The van der Waals surface area contributed by atoms with E-state index in [2.05, 4.69) is 15.0 Å². The quantitative estimate of drug-likeness (QED) is 0.676. The molecule has 0 aliphatic carbocycles. The highest BCUT2D eigenvalue weighted by molar-refractivity contribution is 7.90. The van der Waals surface area contributed by atoms with Crippen LogP contribution in [0.5, 0.6) is 5.88 Å². The topological polar surface area (TPSA) is 123 Å². The number of halogens is 2. The van der Waals surface area contributed by atoms with Crippen molar-refractivity contribution in [3.05, 3.63) is 47.2 Å². The maximum Gasteiger partial charge on any atom is 0.244 e. The predicted octanol–water partition coefficient (Wildman–Crippen LogP) is 0.584. The van der Waals surface area contributed by atoms with E-state index >= 15 is 0 Å². The molecule has 0 saturated carbocycles. The lowest BCUT2D eigenvalue weighted by atomic mass is 9.88. The van der Waals surface area contributed by atoms with E-state index in [0.717, 1.165) is 22.5 Å². The molecule has 1 aromatic heterocycles. The van der Waals surface area contributed by atoms with Crippen LogP contribution in [-0.4, -0.2) is 68.3 Å². The van der Waals surface area contributed by atoms with Crippen molar-refractivity contribution in [2.45, 2.75) is 17.4 Å². The van der Waals surface area contributed by atoms with Crippen LogP contribution in [-0.2, 0) is 26.9 Å². The van der Waals surface area contributed by atoms with Gasteiger partial charge in [-0.1, -0.05) is 0 Å². The fourth-order valence-corrected chi connectivity index (χ4v) is 5.88. The van der Waals surface area contributed by atoms with Gasteiger partial charge in [0.15, 0.2) is 0 Å². The Labute approximate surface area is 183 Å². The molecule has 2 aromatic rings. The Bertz CT molecular complexity index is 1190. The number of aromatic nitrogens is 2. The van der Waals surface area contributed by atoms with Crippen molar-refractivity contribution in [3.63, 3.8) is 0 Å². The molecule has 3 heterocycles. The molecule has 0 unspecified atom stereocenters. The molecule has 1 fully saturated rings. The first kappa shape index (κ1) is 22.1. The molecule has 2 aliphatic heterocycles. The van der Waals surface area contributed by atoms with E-state index < -0.39 is 32.4 Å². The summed E-state index contributed by atoms with van der Waals surface area (Å²) in [6.07, 6.45) is 0. The second kappa shape index (κ2) is 7.81. The molecule has 32 heavy (non-hydrogen) atoms. The van der Waals surface area contributed by atoms with Gasteiger partial charge in [0.25, 0.3) is 0 Å². The summed E-state index contributed by atoms with van der Waals surface area (Å²) in [4.78, 5) is 14.6. The third-order valence-corrected chi connectivity index (χ3v) is 7.86. The van der Waals surface area contributed by atoms with E-state index in [1.54, 1.807) is 11.0 Å². The zero-order chi connectivity index (χ0) is 23.3. The number of methoxy groups -OCH3 is 2. The molecule has 2 aliphatic rings. The van der Waals surface area contributed by atoms with E-state index in [0.29, 0.717) is 5.69 Å². The summed E-state index contributed by atoms with van der Waals surface area (Å²) >= 11 is 0. The Balaban J connectivity index is 1.90. The Morgan fingerprint density at radius 3 is 2.69 bits per heavy atom. The molecule has 2 atom stereocenters. The summed E-state index contributed by atoms with van der Waals surface area (Å²) < 4.78 is 66.8. The number of aliphatic imine (C=N–C) groups is 1. The Morgan fingerprint density at radius 1 is 1.25 bits per heavy atom. The van der Waals surface area contributed by atoms with Crippen LogP contribution in [0.4, 0.5) is 14.7 Å². The maximum atomic E-state index is 14.9. The molecule has 13 heteroatoms. The molecule has 0 radical (unpaired) electrons. The van der Waals surface area contributed by atoms with Gasteiger partial charge in [-0.25, -0.2) is 31.5 Å². The van der Waals surface area contributed by atoms with Crippen LogP contribution < -0.4 is 15.4 Å². The number of nitrogens with two attached hydrogens (primary N) is 1. The first-order valence-corrected chi connectivity index (χ1v) is 11.1. The first-order valence-electron chi connectivity index (χ1n) is 9.57. The van der Waals surface area contributed by atoms with Gasteiger partial charge in [0.05, 0.1) is 26.0 Å². The van der Waals surface area contributed by atoms with Crippen molar-refractivity contribution in [2.24, 2.45) is 10.7 Å². The average molecular weight is 468 g/mol. The van der Waals surface area contributed by atoms with E-state index in [-0.39, 0.29) is 43.0 Å². The Hall–Kier alpha value is -3.06. The number of nitrogens with zero attached hydrogens (tertiary/aromatic N) is 5. The van der Waals surface area contributed by atoms with Gasteiger partial charge >= 0.3 is 0 Å². The van der Waals surface area contributed by atoms with Crippen LogP contribution in [0.2, 0.25) is 0 Å². The lowest BCUT2D eigenvalue weighted by Crippen LogP contribution is -2.57. The molecule has 0 bridgehead atoms. The number of sulfonamides is 1. The number of guanidine groups is 1. The first-order chi connectivity index (χ1) is 15.1. The van der Waals surface area contributed by atoms with Crippen molar-refractivity contribution in [2.75, 3.05) is 39.3 Å². The second-order valence-corrected chi connectivity index (χ2v) is 9.68. The summed E-state index contributed by atoms with van der Waals surface area (Å²) in [6, 6.07) is 4.43. The fourth-order valence-electron chi connectivity index (χ4n) is 4.08. The van der Waals surface area contributed by atoms with Gasteiger partial charge in [0.2, 0.25) is 27.8 Å². The summed E-state index contributed by atoms with van der Waals surface area (Å²) in [5.74, 6) is -1.45. The monoisotopic (exact) mass is 468 g/mol. The molecular weight excluding hydrogens is 446 g/mol. The zero-order valence-corrected chi connectivity index (χ0v) is 18.4. The highest BCUT2D eigenvalue weighted by Gasteiger charge is 2.60. The lowest BCUT2D eigenvalue weighted by molar-refractivity contribution is 0.181. The van der Waals surface area contributed by atoms with Crippen molar-refractivity contribution in [1.82, 2.24) is 14.3 Å². The second-order valence-electron chi connectivity index (χ2n) is 7.53. The average Bonchev–Trinajstić information content (AvgIpc) is 3.15. The molecule has 1 saturated heterocycles. The number of hydrogen-bond acceptors (Lipinski definition) is 9. The minimum atomic E-state index is -4.07. The van der Waals surface area contributed by atoms with Crippen LogP contribution in [0.15, 0.2) is 29.3 Å². The fraction of sp³-hybridized carbons (Fsp3) is 0.421. The van der Waals surface area contributed by atoms with E-state index in [4.69, 9.17) is 15.2 Å². The number of ether oxygens (including phenoxy) is 2. The molecule has 10 nitrogen and oxygen atoms in total. The maximum absolute atomic E-state index is 14.9. The smallest absolute Gasteiger partial charge is 0.244 e. The van der Waals surface area contributed by atoms with Gasteiger partial charge in [-0.05, 0) is 18.2 Å². The number of hydrogen-bond donors (Lipinski definition) is 1. The normalized spacial score (nSPS) is 24.3. The van der Waals surface area contributed by atoms with Crippen LogP contribution in [0.1, 0.15) is 11.3 Å². The lowest BCUT2D eigenvalue weighted by Gasteiger charge is -2.38. The summed E-state index contributed by atoms with van der Waals surface area (Å²) in [6.45, 7) is -0.108. The van der Waals surface area contributed by atoms with Crippen LogP contribution in [0, 0.1) is 11.6 Å². The molecule has 0 spiro atoms. The van der Waals surface area contributed by atoms with E-state index in [1.165, 1.54) is 21.3 Å². The summed E-state index contributed by atoms with van der Waals surface area (Å²) in [5, 5.41) is -1.26. The Kier molecular flexibility index (Phi) is 5.41. The largest absolute Gasteiger partial charge is 0.481 e. The molecular formula is C19H22F2N6O4S. The number of fused-ring (bicyclic) bond motifs is 1. The summed E-state index contributed by atoms with van der Waals surface area (Å²) in [5.41, 5.74) is 4.50. The highest BCUT2D eigenvalue weighted by Crippen LogP contribution is 2.45. The summed E-state index contributed by atoms with van der Waals surface area (Å²) in [7, 11) is 0.131. The number of rotatable bonds is 5. The van der Waals surface area contributed by atoms with Crippen LogP contribution in [0.25, 0.3) is 0 Å². The number of anilines is 1. The molecule has 172 valence electrons.